The predicted octanol–water partition coefficient (Wildman–Crippen LogP) is 17.0. The zero-order chi connectivity index (χ0) is 59.0. The third-order valence-corrected chi connectivity index (χ3v) is 17.3. The fraction of sp³-hybridized carbons (Fsp3) is 0.324. The Kier molecular flexibility index (Phi) is 17.4. The summed E-state index contributed by atoms with van der Waals surface area (Å²) in [5, 5.41) is 0. The van der Waals surface area contributed by atoms with E-state index in [2.05, 4.69) is 232 Å². The lowest BCUT2D eigenvalue weighted by molar-refractivity contribution is 0.00578. The van der Waals surface area contributed by atoms with Crippen LogP contribution in [0, 0.1) is 27.7 Å². The second-order valence-corrected chi connectivity index (χ2v) is 25.7. The maximum absolute atomic E-state index is 6.17. The van der Waals surface area contributed by atoms with E-state index in [1.807, 2.05) is 92.0 Å². The fourth-order valence-corrected chi connectivity index (χ4v) is 9.71. The highest BCUT2D eigenvalue weighted by atomic mass is 79.9. The number of anilines is 6. The topological polar surface area (TPSA) is 87.6 Å². The third-order valence-electron chi connectivity index (χ3n) is 16.8. The fourth-order valence-electron chi connectivity index (χ4n) is 9.47. The van der Waals surface area contributed by atoms with E-state index in [0.29, 0.717) is 0 Å². The molecular weight excluding hydrogens is 1080 g/mol. The van der Waals surface area contributed by atoms with Crippen LogP contribution < -0.4 is 15.3 Å². The van der Waals surface area contributed by atoms with Crippen LogP contribution in [0.1, 0.15) is 105 Å². The molecule has 11 rings (SSSR count). The molecule has 3 fully saturated rings. The van der Waals surface area contributed by atoms with E-state index in [9.17, 15) is 0 Å². The molecule has 2 aromatic heterocycles. The minimum atomic E-state index is -0.476. The molecule has 0 unspecified atom stereocenters. The number of halogens is 1. The molecule has 0 spiro atoms. The average molecular weight is 1160 g/mol. The van der Waals surface area contributed by atoms with Gasteiger partial charge in [0.05, 0.1) is 45.0 Å². The first-order valence-corrected chi connectivity index (χ1v) is 29.1. The highest BCUT2D eigenvalue weighted by Crippen LogP contribution is 2.44. The van der Waals surface area contributed by atoms with Crippen LogP contribution in [0.2, 0.25) is 0 Å². The Morgan fingerprint density at radius 2 is 0.573 bits per heavy atom. The molecule has 5 heterocycles. The van der Waals surface area contributed by atoms with Gasteiger partial charge in [-0.3, -0.25) is 9.97 Å². The van der Waals surface area contributed by atoms with Crippen molar-refractivity contribution in [1.29, 1.82) is 0 Å². The van der Waals surface area contributed by atoms with Crippen molar-refractivity contribution in [2.24, 2.45) is 0 Å². The van der Waals surface area contributed by atoms with Crippen LogP contribution in [0.5, 0.6) is 0 Å². The third kappa shape index (κ3) is 13.4. The number of aryl methyl sites for hydroxylation is 4. The molecule has 14 heteroatoms. The van der Waals surface area contributed by atoms with Crippen molar-refractivity contribution in [2.45, 2.75) is 144 Å². The molecule has 3 saturated heterocycles. The van der Waals surface area contributed by atoms with Crippen LogP contribution in [0.4, 0.5) is 34.1 Å². The Morgan fingerprint density at radius 3 is 0.829 bits per heavy atom. The minimum Gasteiger partial charge on any atom is -0.405 e. The van der Waals surface area contributed by atoms with Gasteiger partial charge in [-0.25, -0.2) is 0 Å². The summed E-state index contributed by atoms with van der Waals surface area (Å²) >= 11 is 3.44. The molecule has 3 aliphatic rings. The van der Waals surface area contributed by atoms with Crippen molar-refractivity contribution in [2.75, 3.05) is 9.80 Å². The maximum Gasteiger partial charge on any atom is 0.496 e. The normalized spacial score (nSPS) is 17.8. The molecule has 0 amide bonds. The van der Waals surface area contributed by atoms with Crippen molar-refractivity contribution >= 4 is 76.7 Å². The lowest BCUT2D eigenvalue weighted by atomic mass is 9.49. The van der Waals surface area contributed by atoms with Crippen LogP contribution in [-0.4, -0.2) is 64.7 Å². The number of aromatic nitrogens is 2. The molecule has 10 nitrogen and oxygen atoms in total. The second-order valence-electron chi connectivity index (χ2n) is 24.8. The molecule has 422 valence electrons. The number of rotatable bonds is 10. The van der Waals surface area contributed by atoms with E-state index in [1.54, 1.807) is 0 Å². The van der Waals surface area contributed by atoms with Gasteiger partial charge in [-0.05, 0) is 218 Å². The average Bonchev–Trinajstić information content (AvgIpc) is 4.15. The molecule has 0 N–H and O–H groups in total. The Labute approximate surface area is 497 Å². The SMILES string of the molecule is CC1(C)OB(B2OC(C)(C)C(C)(C)O2)OC1(C)C.Cc1ccc(N(c2ccc(C)cc2)c2ccc(-c3ccc(B4OC(C)(C)C(C)(C)O4)cn3)cc2)cc1.Cc1ccc(N(c2ccc(C)cc2)c2ccc(-c3ccc(Br)cn3)cc2)cc1. The van der Waals surface area contributed by atoms with Crippen LogP contribution >= 0.6 is 15.9 Å². The Morgan fingerprint density at radius 1 is 0.317 bits per heavy atom. The number of benzene rings is 6. The molecule has 82 heavy (non-hydrogen) atoms. The molecular formula is C68H78B3BrN4O6. The summed E-state index contributed by atoms with van der Waals surface area (Å²) in [6, 6.07) is 59.8. The highest BCUT2D eigenvalue weighted by molar-refractivity contribution is 9.10. The largest absolute Gasteiger partial charge is 0.496 e. The minimum absolute atomic E-state index is 0.360. The Balaban J connectivity index is 0.000000157. The summed E-state index contributed by atoms with van der Waals surface area (Å²) in [6.45, 7) is 32.9. The summed E-state index contributed by atoms with van der Waals surface area (Å²) in [4.78, 5) is 13.8. The molecule has 0 bridgehead atoms. The highest BCUT2D eigenvalue weighted by Gasteiger charge is 2.63. The summed E-state index contributed by atoms with van der Waals surface area (Å²) in [6.07, 6.45) is 3.68. The van der Waals surface area contributed by atoms with E-state index < -0.39 is 21.1 Å². The van der Waals surface area contributed by atoms with Crippen LogP contribution in [0.15, 0.2) is 187 Å². The van der Waals surface area contributed by atoms with Crippen molar-refractivity contribution in [1.82, 2.24) is 9.97 Å². The van der Waals surface area contributed by atoms with Crippen LogP contribution in [0.25, 0.3) is 22.5 Å². The summed E-state index contributed by atoms with van der Waals surface area (Å²) < 4.78 is 37.2. The van der Waals surface area contributed by atoms with Gasteiger partial charge in [0.1, 0.15) is 0 Å². The van der Waals surface area contributed by atoms with Gasteiger partial charge in [0.25, 0.3) is 0 Å². The van der Waals surface area contributed by atoms with Crippen molar-refractivity contribution < 1.29 is 27.9 Å². The van der Waals surface area contributed by atoms with E-state index in [-0.39, 0.29) is 33.6 Å². The van der Waals surface area contributed by atoms with E-state index in [1.165, 1.54) is 22.3 Å². The van der Waals surface area contributed by atoms with Crippen LogP contribution in [0.3, 0.4) is 0 Å². The van der Waals surface area contributed by atoms with E-state index in [0.717, 1.165) is 66.6 Å². The molecule has 0 aliphatic carbocycles. The van der Waals surface area contributed by atoms with E-state index in [4.69, 9.17) is 32.9 Å². The van der Waals surface area contributed by atoms with Gasteiger partial charge in [0.2, 0.25) is 0 Å². The van der Waals surface area contributed by atoms with Crippen molar-refractivity contribution in [3.05, 3.63) is 209 Å². The number of hydrogen-bond acceptors (Lipinski definition) is 10. The van der Waals surface area contributed by atoms with Crippen molar-refractivity contribution in [3.63, 3.8) is 0 Å². The first kappa shape index (κ1) is 60.3. The zero-order valence-corrected chi connectivity index (χ0v) is 52.3. The quantitative estimate of drug-likeness (QED) is 0.123. The lowest BCUT2D eigenvalue weighted by Gasteiger charge is -2.32. The van der Waals surface area contributed by atoms with Gasteiger partial charge >= 0.3 is 21.1 Å². The molecule has 0 radical (unpaired) electrons. The molecule has 3 aliphatic heterocycles. The van der Waals surface area contributed by atoms with E-state index >= 15 is 0 Å². The molecule has 6 aromatic carbocycles. The van der Waals surface area contributed by atoms with Gasteiger partial charge in [0, 0.05) is 67.6 Å². The first-order valence-electron chi connectivity index (χ1n) is 28.3. The van der Waals surface area contributed by atoms with Gasteiger partial charge in [-0.15, -0.1) is 0 Å². The summed E-state index contributed by atoms with van der Waals surface area (Å²) in [5.74, 6) is 0. The number of nitrogens with zero attached hydrogens (tertiary/aromatic N) is 4. The maximum atomic E-state index is 6.17. The predicted molar refractivity (Wildman–Crippen MR) is 343 cm³/mol. The monoisotopic (exact) mass is 1160 g/mol. The molecule has 0 saturated carbocycles. The second kappa shape index (κ2) is 23.7. The summed E-state index contributed by atoms with van der Waals surface area (Å²) in [7, 11) is -1.36. The van der Waals surface area contributed by atoms with Crippen molar-refractivity contribution in [3.8, 4) is 22.5 Å². The number of pyridine rings is 2. The lowest BCUT2D eigenvalue weighted by Crippen LogP contribution is -2.41. The van der Waals surface area contributed by atoms with Gasteiger partial charge in [-0.1, -0.05) is 101 Å². The molecule has 0 atom stereocenters. The van der Waals surface area contributed by atoms with Gasteiger partial charge < -0.3 is 37.7 Å². The Hall–Kier alpha value is -6.35. The first-order chi connectivity index (χ1) is 38.6. The summed E-state index contributed by atoms with van der Waals surface area (Å²) in [5.41, 5.74) is 14.5. The van der Waals surface area contributed by atoms with Crippen LogP contribution in [-0.2, 0) is 27.9 Å². The van der Waals surface area contributed by atoms with Gasteiger partial charge in [0.15, 0.2) is 0 Å². The standard InChI is InChI=1S/C31H33BN2O2.C25H21BrN2.C12H24B2O4/c1-22-7-14-26(15-8-22)34(27-16-9-23(2)10-17-27)28-18-11-24(12-19-28)29-20-13-25(21-33-29)32-35-30(3,4)31(5,6)36-32;1-18-3-10-22(11-4-18)28(23-12-5-19(2)6-13-23)24-14-7-20(8-15-24)25-16-9-21(26)17-27-25;1-9(2)10(3,4)16-13(15-9)14-17-11(5,6)12(7,8)18-14/h7-21H,1-6H3;3-17H,1-2H3;1-8H3. The van der Waals surface area contributed by atoms with Gasteiger partial charge in [-0.2, -0.15) is 0 Å². The molecule has 8 aromatic rings. The smallest absolute Gasteiger partial charge is 0.405 e. The Bertz CT molecular complexity index is 3240. The zero-order valence-electron chi connectivity index (χ0n) is 50.7. The number of hydrogen-bond donors (Lipinski definition) is 0.